The first kappa shape index (κ1) is 21.2. The van der Waals surface area contributed by atoms with Crippen molar-refractivity contribution in [2.45, 2.75) is 25.4 Å². The molecule has 2 saturated heterocycles. The molecule has 2 fully saturated rings. The van der Waals surface area contributed by atoms with E-state index < -0.39 is 0 Å². The number of ether oxygens (including phenoxy) is 1. The van der Waals surface area contributed by atoms with Crippen molar-refractivity contribution in [2.24, 2.45) is 5.92 Å². The molecule has 5 rings (SSSR count). The van der Waals surface area contributed by atoms with E-state index in [9.17, 15) is 14.0 Å². The number of thiazole rings is 1. The van der Waals surface area contributed by atoms with Crippen LogP contribution in [0.5, 0.6) is 5.19 Å². The van der Waals surface area contributed by atoms with Gasteiger partial charge in [0.25, 0.3) is 5.19 Å². The van der Waals surface area contributed by atoms with Crippen LogP contribution in [0.2, 0.25) is 5.02 Å². The van der Waals surface area contributed by atoms with Crippen molar-refractivity contribution in [2.75, 3.05) is 24.5 Å². The number of para-hydroxylation sites is 1. The van der Waals surface area contributed by atoms with E-state index in [0.717, 1.165) is 10.2 Å². The lowest BCUT2D eigenvalue weighted by Gasteiger charge is -2.33. The molecular formula is C23H21ClFN3O3S. The van der Waals surface area contributed by atoms with Gasteiger partial charge in [0.15, 0.2) is 0 Å². The predicted molar refractivity (Wildman–Crippen MR) is 122 cm³/mol. The largest absolute Gasteiger partial charge is 0.467 e. The van der Waals surface area contributed by atoms with Crippen LogP contribution in [-0.2, 0) is 9.59 Å². The Kier molecular flexibility index (Phi) is 5.73. The average Bonchev–Trinajstić information content (AvgIpc) is 3.38. The number of rotatable bonds is 4. The zero-order valence-corrected chi connectivity index (χ0v) is 18.7. The Morgan fingerprint density at radius 3 is 2.62 bits per heavy atom. The molecule has 0 radical (unpaired) electrons. The Morgan fingerprint density at radius 1 is 1.16 bits per heavy atom. The van der Waals surface area contributed by atoms with Crippen LogP contribution in [0.1, 0.15) is 19.3 Å². The molecule has 3 heterocycles. The molecule has 2 amide bonds. The molecule has 0 aliphatic carbocycles. The normalized spacial score (nSPS) is 19.7. The lowest BCUT2D eigenvalue weighted by molar-refractivity contribution is -0.137. The molecule has 9 heteroatoms. The van der Waals surface area contributed by atoms with E-state index in [4.69, 9.17) is 16.3 Å². The summed E-state index contributed by atoms with van der Waals surface area (Å²) >= 11 is 7.66. The van der Waals surface area contributed by atoms with Crippen molar-refractivity contribution in [1.82, 2.24) is 9.88 Å². The minimum absolute atomic E-state index is 0.00631. The number of amides is 2. The molecule has 2 aliphatic heterocycles. The fourth-order valence-electron chi connectivity index (χ4n) is 4.28. The van der Waals surface area contributed by atoms with Gasteiger partial charge in [-0.3, -0.25) is 9.59 Å². The lowest BCUT2D eigenvalue weighted by Crippen LogP contribution is -2.44. The molecular weight excluding hydrogens is 453 g/mol. The van der Waals surface area contributed by atoms with E-state index in [2.05, 4.69) is 4.98 Å². The van der Waals surface area contributed by atoms with Crippen LogP contribution in [0.25, 0.3) is 10.2 Å². The molecule has 0 bridgehead atoms. The van der Waals surface area contributed by atoms with Crippen LogP contribution >= 0.6 is 22.9 Å². The molecule has 32 heavy (non-hydrogen) atoms. The number of likely N-dealkylation sites (tertiary alicyclic amines) is 1. The fraction of sp³-hybridized carbons (Fsp3) is 0.348. The number of nitrogens with zero attached hydrogens (tertiary/aromatic N) is 3. The molecule has 3 aromatic rings. The van der Waals surface area contributed by atoms with Crippen molar-refractivity contribution < 1.29 is 18.7 Å². The molecule has 6 nitrogen and oxygen atoms in total. The van der Waals surface area contributed by atoms with Gasteiger partial charge in [-0.15, -0.1) is 0 Å². The maximum absolute atomic E-state index is 13.2. The molecule has 1 unspecified atom stereocenters. The van der Waals surface area contributed by atoms with Crippen molar-refractivity contribution in [1.29, 1.82) is 0 Å². The van der Waals surface area contributed by atoms with E-state index in [1.165, 1.54) is 23.5 Å². The number of hydrogen-bond donors (Lipinski definition) is 0. The molecule has 0 spiro atoms. The second kappa shape index (κ2) is 8.67. The van der Waals surface area contributed by atoms with Gasteiger partial charge in [-0.05, 0) is 36.4 Å². The van der Waals surface area contributed by atoms with Gasteiger partial charge in [0, 0.05) is 44.6 Å². The number of halogens is 2. The van der Waals surface area contributed by atoms with Gasteiger partial charge in [-0.1, -0.05) is 29.0 Å². The standard InChI is InChI=1S/C23H21ClFN3O3S/c24-18-2-1-3-19-21(18)26-23(32-19)31-17-8-10-27(11-9-17)22(30)14-12-20(29)28(13-14)16-6-4-15(25)5-7-16/h1-7,14,17H,8-13H2. The third-order valence-electron chi connectivity index (χ3n) is 5.98. The highest BCUT2D eigenvalue weighted by Gasteiger charge is 2.38. The third-order valence-corrected chi connectivity index (χ3v) is 7.20. The molecule has 166 valence electrons. The summed E-state index contributed by atoms with van der Waals surface area (Å²) in [5.41, 5.74) is 1.37. The van der Waals surface area contributed by atoms with Crippen molar-refractivity contribution in [3.63, 3.8) is 0 Å². The first-order valence-corrected chi connectivity index (χ1v) is 11.7. The van der Waals surface area contributed by atoms with Gasteiger partial charge in [0.2, 0.25) is 11.8 Å². The number of aromatic nitrogens is 1. The number of anilines is 1. The number of benzene rings is 2. The van der Waals surface area contributed by atoms with Crippen molar-refractivity contribution in [3.05, 3.63) is 53.3 Å². The Bertz CT molecular complexity index is 1160. The Morgan fingerprint density at radius 2 is 1.91 bits per heavy atom. The topological polar surface area (TPSA) is 62.7 Å². The zero-order valence-electron chi connectivity index (χ0n) is 17.2. The number of piperidine rings is 1. The van der Waals surface area contributed by atoms with Gasteiger partial charge >= 0.3 is 0 Å². The molecule has 2 aliphatic rings. The number of hydrogen-bond acceptors (Lipinski definition) is 5. The van der Waals surface area contributed by atoms with Crippen LogP contribution in [0, 0.1) is 11.7 Å². The summed E-state index contributed by atoms with van der Waals surface area (Å²) in [5.74, 6) is -0.848. The van der Waals surface area contributed by atoms with Crippen molar-refractivity contribution in [3.8, 4) is 5.19 Å². The number of fused-ring (bicyclic) bond motifs is 1. The van der Waals surface area contributed by atoms with Crippen molar-refractivity contribution >= 4 is 50.7 Å². The van der Waals surface area contributed by atoms with E-state index >= 15 is 0 Å². The zero-order chi connectivity index (χ0) is 22.2. The molecule has 1 aromatic heterocycles. The minimum Gasteiger partial charge on any atom is -0.467 e. The monoisotopic (exact) mass is 473 g/mol. The van der Waals surface area contributed by atoms with Crippen LogP contribution in [0.15, 0.2) is 42.5 Å². The summed E-state index contributed by atoms with van der Waals surface area (Å²) in [4.78, 5) is 33.3. The summed E-state index contributed by atoms with van der Waals surface area (Å²) in [6.07, 6.45) is 1.58. The first-order valence-electron chi connectivity index (χ1n) is 10.5. The Labute approximate surface area is 193 Å². The molecule has 0 N–H and O–H groups in total. The highest BCUT2D eigenvalue weighted by atomic mass is 35.5. The van der Waals surface area contributed by atoms with E-state index in [1.54, 1.807) is 17.0 Å². The second-order valence-electron chi connectivity index (χ2n) is 8.09. The van der Waals surface area contributed by atoms with Crippen LogP contribution in [-0.4, -0.2) is 47.4 Å². The van der Waals surface area contributed by atoms with Gasteiger partial charge in [0.05, 0.1) is 15.6 Å². The quantitative estimate of drug-likeness (QED) is 0.559. The molecule has 0 saturated carbocycles. The maximum Gasteiger partial charge on any atom is 0.274 e. The van der Waals surface area contributed by atoms with Gasteiger partial charge in [-0.2, -0.15) is 0 Å². The minimum atomic E-state index is -0.378. The van der Waals surface area contributed by atoms with Gasteiger partial charge in [-0.25, -0.2) is 9.37 Å². The fourth-order valence-corrected chi connectivity index (χ4v) is 5.46. The number of carbonyl (C=O) groups excluding carboxylic acids is 2. The highest BCUT2D eigenvalue weighted by molar-refractivity contribution is 7.20. The van der Waals surface area contributed by atoms with Crippen LogP contribution in [0.4, 0.5) is 10.1 Å². The average molecular weight is 474 g/mol. The first-order chi connectivity index (χ1) is 15.5. The summed E-state index contributed by atoms with van der Waals surface area (Å²) in [6, 6.07) is 11.4. The van der Waals surface area contributed by atoms with Crippen LogP contribution in [0.3, 0.4) is 0 Å². The second-order valence-corrected chi connectivity index (χ2v) is 9.49. The van der Waals surface area contributed by atoms with Gasteiger partial charge in [0.1, 0.15) is 17.4 Å². The summed E-state index contributed by atoms with van der Waals surface area (Å²) in [6.45, 7) is 1.49. The van der Waals surface area contributed by atoms with Gasteiger partial charge < -0.3 is 14.5 Å². The van der Waals surface area contributed by atoms with Crippen LogP contribution < -0.4 is 9.64 Å². The van der Waals surface area contributed by atoms with E-state index in [-0.39, 0.29) is 36.1 Å². The highest BCUT2D eigenvalue weighted by Crippen LogP contribution is 2.34. The van der Waals surface area contributed by atoms with E-state index in [0.29, 0.717) is 48.4 Å². The Hall–Kier alpha value is -2.71. The predicted octanol–water partition coefficient (Wildman–Crippen LogP) is 4.51. The lowest BCUT2D eigenvalue weighted by atomic mass is 10.0. The number of carbonyl (C=O) groups is 2. The van der Waals surface area contributed by atoms with E-state index in [1.807, 2.05) is 23.1 Å². The summed E-state index contributed by atoms with van der Waals surface area (Å²) in [7, 11) is 0. The summed E-state index contributed by atoms with van der Waals surface area (Å²) < 4.78 is 20.2. The smallest absolute Gasteiger partial charge is 0.274 e. The Balaban J connectivity index is 1.17. The molecule has 2 aromatic carbocycles. The third kappa shape index (κ3) is 4.17. The molecule has 1 atom stereocenters. The maximum atomic E-state index is 13.2. The summed E-state index contributed by atoms with van der Waals surface area (Å²) in [5, 5.41) is 1.20. The SMILES string of the molecule is O=C(C1CC(=O)N(c2ccc(F)cc2)C1)N1CCC(Oc2nc3c(Cl)cccc3s2)CC1.